The van der Waals surface area contributed by atoms with Crippen molar-refractivity contribution in [2.45, 2.75) is 18.7 Å². The van der Waals surface area contributed by atoms with E-state index in [2.05, 4.69) is 35.3 Å². The van der Waals surface area contributed by atoms with Gasteiger partial charge in [-0.25, -0.2) is 23.1 Å². The minimum atomic E-state index is -3.69. The van der Waals surface area contributed by atoms with E-state index in [1.54, 1.807) is 25.1 Å². The lowest BCUT2D eigenvalue weighted by atomic mass is 10.3. The Kier molecular flexibility index (Phi) is 6.65. The van der Waals surface area contributed by atoms with Gasteiger partial charge in [0.2, 0.25) is 21.9 Å². The van der Waals surface area contributed by atoms with Crippen LogP contribution in [0.3, 0.4) is 0 Å². The molecular formula is C18H20ClN7O3S. The first-order chi connectivity index (χ1) is 14.4. The molecule has 0 amide bonds. The van der Waals surface area contributed by atoms with Crippen LogP contribution >= 0.6 is 11.6 Å². The van der Waals surface area contributed by atoms with Gasteiger partial charge in [-0.05, 0) is 33.0 Å². The summed E-state index contributed by atoms with van der Waals surface area (Å²) in [6.45, 7) is 4.06. The number of aromatic nitrogens is 4. The number of benzene rings is 1. The highest BCUT2D eigenvalue weighted by Crippen LogP contribution is 2.30. The molecule has 3 N–H and O–H groups in total. The van der Waals surface area contributed by atoms with Crippen molar-refractivity contribution in [3.05, 3.63) is 47.5 Å². The third kappa shape index (κ3) is 4.75. The smallest absolute Gasteiger partial charge is 0.242 e. The van der Waals surface area contributed by atoms with Gasteiger partial charge in [-0.2, -0.15) is 9.97 Å². The molecule has 2 heterocycles. The Morgan fingerprint density at radius 1 is 1.13 bits per heavy atom. The zero-order chi connectivity index (χ0) is 21.7. The number of sulfonamides is 1. The van der Waals surface area contributed by atoms with Gasteiger partial charge in [-0.1, -0.05) is 23.7 Å². The van der Waals surface area contributed by atoms with Crippen LogP contribution in [-0.4, -0.2) is 42.0 Å². The molecule has 0 fully saturated rings. The molecule has 0 unspecified atom stereocenters. The number of ether oxygens (including phenoxy) is 1. The van der Waals surface area contributed by atoms with Crippen LogP contribution in [0.2, 0.25) is 5.02 Å². The number of hydrogen-bond acceptors (Lipinski definition) is 9. The molecule has 2 aromatic heterocycles. The second-order valence-electron chi connectivity index (χ2n) is 5.92. The molecule has 0 aliphatic rings. The maximum absolute atomic E-state index is 12.3. The van der Waals surface area contributed by atoms with Crippen molar-refractivity contribution in [2.24, 2.45) is 0 Å². The first-order valence-electron chi connectivity index (χ1n) is 8.89. The first kappa shape index (κ1) is 21.7. The summed E-state index contributed by atoms with van der Waals surface area (Å²) >= 11 is 6.23. The van der Waals surface area contributed by atoms with Crippen LogP contribution in [0, 0.1) is 6.92 Å². The number of nitrogens with zero attached hydrogens (tertiary/aromatic N) is 4. The maximum Gasteiger partial charge on any atom is 0.242 e. The minimum absolute atomic E-state index is 0.0580. The van der Waals surface area contributed by atoms with Crippen molar-refractivity contribution in [1.82, 2.24) is 24.7 Å². The second kappa shape index (κ2) is 9.20. The molecular weight excluding hydrogens is 430 g/mol. The molecule has 0 radical (unpaired) electrons. The average Bonchev–Trinajstić information content (AvgIpc) is 2.73. The standard InChI is InChI=1S/C18H20ClN7O3S/c1-4-29-17-15(11(2)22-10-23-17)25-18-21-9-12(19)16(26-18)24-13-7-5-6-8-14(13)30(27,28)20-3/h5-10,20H,4H2,1-3H3,(H2,21,24,25,26). The molecule has 3 rings (SSSR count). The number of aryl methyl sites for hydroxylation is 1. The van der Waals surface area contributed by atoms with Gasteiger partial charge >= 0.3 is 0 Å². The van der Waals surface area contributed by atoms with Gasteiger partial charge in [0.1, 0.15) is 21.9 Å². The summed E-state index contributed by atoms with van der Waals surface area (Å²) in [5, 5.41) is 6.20. The van der Waals surface area contributed by atoms with Crippen molar-refractivity contribution in [2.75, 3.05) is 24.3 Å². The summed E-state index contributed by atoms with van der Waals surface area (Å²) in [7, 11) is -2.35. The van der Waals surface area contributed by atoms with Gasteiger partial charge in [-0.3, -0.25) is 0 Å². The van der Waals surface area contributed by atoms with Gasteiger partial charge in [-0.15, -0.1) is 0 Å². The number of para-hydroxylation sites is 1. The molecule has 30 heavy (non-hydrogen) atoms. The highest BCUT2D eigenvalue weighted by molar-refractivity contribution is 7.89. The first-order valence-corrected chi connectivity index (χ1v) is 10.8. The van der Waals surface area contributed by atoms with Crippen LogP contribution in [0.4, 0.5) is 23.1 Å². The fourth-order valence-corrected chi connectivity index (χ4v) is 3.53. The molecule has 1 aromatic carbocycles. The van der Waals surface area contributed by atoms with Crippen LogP contribution in [0.5, 0.6) is 5.88 Å². The summed E-state index contributed by atoms with van der Waals surface area (Å²) in [5.41, 5.74) is 1.48. The zero-order valence-corrected chi connectivity index (χ0v) is 18.0. The van der Waals surface area contributed by atoms with Crippen molar-refractivity contribution in [3.63, 3.8) is 0 Å². The second-order valence-corrected chi connectivity index (χ2v) is 8.18. The summed E-state index contributed by atoms with van der Waals surface area (Å²) in [4.78, 5) is 16.9. The van der Waals surface area contributed by atoms with Crippen LogP contribution in [0.1, 0.15) is 12.6 Å². The van der Waals surface area contributed by atoms with Gasteiger partial charge in [0, 0.05) is 0 Å². The summed E-state index contributed by atoms with van der Waals surface area (Å²) in [5.74, 6) is 0.790. The van der Waals surface area contributed by atoms with E-state index >= 15 is 0 Å². The van der Waals surface area contributed by atoms with E-state index in [1.807, 2.05) is 6.92 Å². The van der Waals surface area contributed by atoms with Gasteiger partial charge in [0.15, 0.2) is 5.82 Å². The minimum Gasteiger partial charge on any atom is -0.476 e. The fourth-order valence-electron chi connectivity index (χ4n) is 2.51. The average molecular weight is 450 g/mol. The third-order valence-corrected chi connectivity index (χ3v) is 5.71. The normalized spacial score (nSPS) is 11.2. The summed E-state index contributed by atoms with van der Waals surface area (Å²) < 4.78 is 32.4. The predicted octanol–water partition coefficient (Wildman–Crippen LogP) is 3.02. The molecule has 0 aliphatic heterocycles. The molecule has 3 aromatic rings. The Morgan fingerprint density at radius 2 is 1.90 bits per heavy atom. The number of anilines is 4. The Balaban J connectivity index is 1.96. The van der Waals surface area contributed by atoms with Crippen LogP contribution in [-0.2, 0) is 10.0 Å². The van der Waals surface area contributed by atoms with E-state index in [0.29, 0.717) is 29.6 Å². The van der Waals surface area contributed by atoms with Crippen LogP contribution in [0.15, 0.2) is 41.7 Å². The van der Waals surface area contributed by atoms with Gasteiger partial charge < -0.3 is 15.4 Å². The van der Waals surface area contributed by atoms with E-state index in [-0.39, 0.29) is 21.7 Å². The van der Waals surface area contributed by atoms with Crippen molar-refractivity contribution >= 4 is 44.8 Å². The predicted molar refractivity (Wildman–Crippen MR) is 114 cm³/mol. The molecule has 158 valence electrons. The van der Waals surface area contributed by atoms with Crippen molar-refractivity contribution < 1.29 is 13.2 Å². The van der Waals surface area contributed by atoms with E-state index in [4.69, 9.17) is 16.3 Å². The number of hydrogen-bond donors (Lipinski definition) is 3. The van der Waals surface area contributed by atoms with Crippen molar-refractivity contribution in [1.29, 1.82) is 0 Å². The number of rotatable bonds is 8. The summed E-state index contributed by atoms with van der Waals surface area (Å²) in [6, 6.07) is 6.40. The lowest BCUT2D eigenvalue weighted by molar-refractivity contribution is 0.327. The van der Waals surface area contributed by atoms with Crippen LogP contribution < -0.4 is 20.1 Å². The third-order valence-electron chi connectivity index (χ3n) is 3.96. The highest BCUT2D eigenvalue weighted by Gasteiger charge is 2.18. The SMILES string of the molecule is CCOc1ncnc(C)c1Nc1ncc(Cl)c(Nc2ccccc2S(=O)(=O)NC)n1. The lowest BCUT2D eigenvalue weighted by Gasteiger charge is -2.15. The topological polar surface area (TPSA) is 131 Å². The monoisotopic (exact) mass is 449 g/mol. The molecule has 0 saturated carbocycles. The molecule has 0 aliphatic carbocycles. The van der Waals surface area contributed by atoms with Gasteiger partial charge in [0.05, 0.1) is 24.2 Å². The van der Waals surface area contributed by atoms with E-state index in [0.717, 1.165) is 0 Å². The van der Waals surface area contributed by atoms with E-state index in [9.17, 15) is 8.42 Å². The largest absolute Gasteiger partial charge is 0.476 e. The Morgan fingerprint density at radius 3 is 2.63 bits per heavy atom. The molecule has 0 atom stereocenters. The van der Waals surface area contributed by atoms with Crippen LogP contribution in [0.25, 0.3) is 0 Å². The molecule has 0 saturated heterocycles. The van der Waals surface area contributed by atoms with E-state index in [1.165, 1.54) is 25.6 Å². The quantitative estimate of drug-likeness (QED) is 0.474. The number of halogens is 1. The Bertz CT molecular complexity index is 1160. The molecule has 0 spiro atoms. The van der Waals surface area contributed by atoms with Crippen molar-refractivity contribution in [3.8, 4) is 5.88 Å². The van der Waals surface area contributed by atoms with E-state index < -0.39 is 10.0 Å². The Hall–Kier alpha value is -3.02. The summed E-state index contributed by atoms with van der Waals surface area (Å²) in [6.07, 6.45) is 2.80. The highest BCUT2D eigenvalue weighted by atomic mass is 35.5. The van der Waals surface area contributed by atoms with Gasteiger partial charge in [0.25, 0.3) is 0 Å². The molecule has 0 bridgehead atoms. The maximum atomic E-state index is 12.3. The molecule has 12 heteroatoms. The fraction of sp³-hybridized carbons (Fsp3) is 0.222. The lowest BCUT2D eigenvalue weighted by Crippen LogP contribution is -2.19. The zero-order valence-electron chi connectivity index (χ0n) is 16.5. The molecule has 10 nitrogen and oxygen atoms in total. The Labute approximate surface area is 179 Å². The number of nitrogens with one attached hydrogen (secondary N) is 3.